The summed E-state index contributed by atoms with van der Waals surface area (Å²) in [5.74, 6) is -0.633. The molecule has 3 aliphatic rings. The largest absolute Gasteiger partial charge is 0.466 e. The van der Waals surface area contributed by atoms with Gasteiger partial charge in [-0.05, 0) is 70.6 Å². The average molecular weight is 396 g/mol. The summed E-state index contributed by atoms with van der Waals surface area (Å²) in [5.41, 5.74) is -0.985. The van der Waals surface area contributed by atoms with Gasteiger partial charge < -0.3 is 14.6 Å². The number of hydrogen-bond acceptors (Lipinski definition) is 6. The van der Waals surface area contributed by atoms with Crippen molar-refractivity contribution < 1.29 is 24.2 Å². The van der Waals surface area contributed by atoms with Crippen LogP contribution in [-0.4, -0.2) is 46.6 Å². The summed E-state index contributed by atoms with van der Waals surface area (Å²) in [7, 11) is 0. The van der Waals surface area contributed by atoms with E-state index in [0.29, 0.717) is 24.7 Å². The molecule has 6 heteroatoms. The Kier molecular flexibility index (Phi) is 6.34. The molecule has 0 amide bonds. The Bertz CT molecular complexity index is 644. The Morgan fingerprint density at radius 1 is 1.29 bits per heavy atom. The molecule has 0 aliphatic heterocycles. The molecule has 6 nitrogen and oxygen atoms in total. The standard InChI is InChI=1S/C22H37NO5/c1-9-27-17(24)10-13(2)18(19(25)28-20(3,4)5)23-16-12-14-11-15(21(14,6)7)22(16,8)26/h13-15,18,26H,9-12H2,1-8H3/t13?,14-,15-,18?,22-/m1/s1. The molecular formula is C22H37NO5. The van der Waals surface area contributed by atoms with Crippen LogP contribution in [0.1, 0.15) is 74.7 Å². The lowest BCUT2D eigenvalue weighted by Gasteiger charge is -2.62. The topological polar surface area (TPSA) is 85.2 Å². The van der Waals surface area contributed by atoms with Crippen molar-refractivity contribution in [1.82, 2.24) is 0 Å². The SMILES string of the molecule is CCOC(=O)CC(C)C(N=C1C[C@H]2C[C@H](C2(C)C)[C@@]1(C)O)C(=O)OC(C)(C)C. The van der Waals surface area contributed by atoms with Crippen LogP contribution in [0.5, 0.6) is 0 Å². The molecule has 0 aromatic carbocycles. The van der Waals surface area contributed by atoms with E-state index in [1.54, 1.807) is 41.5 Å². The fourth-order valence-electron chi connectivity index (χ4n) is 4.68. The minimum absolute atomic E-state index is 0.0699. The molecule has 3 saturated carbocycles. The molecule has 3 aliphatic carbocycles. The molecule has 0 saturated heterocycles. The second-order valence-corrected chi connectivity index (χ2v) is 10.2. The third-order valence-corrected chi connectivity index (χ3v) is 6.45. The fraction of sp³-hybridized carbons (Fsp3) is 0.864. The van der Waals surface area contributed by atoms with Crippen LogP contribution in [0.3, 0.4) is 0 Å². The Morgan fingerprint density at radius 2 is 1.89 bits per heavy atom. The van der Waals surface area contributed by atoms with E-state index in [1.165, 1.54) is 0 Å². The molecule has 3 fully saturated rings. The van der Waals surface area contributed by atoms with Gasteiger partial charge in [0, 0.05) is 5.71 Å². The molecule has 3 rings (SSSR count). The van der Waals surface area contributed by atoms with Crippen molar-refractivity contribution in [3.63, 3.8) is 0 Å². The number of carbonyl (C=O) groups is 2. The number of rotatable bonds is 6. The van der Waals surface area contributed by atoms with Crippen molar-refractivity contribution in [3.8, 4) is 0 Å². The Balaban J connectivity index is 2.30. The third kappa shape index (κ3) is 4.58. The van der Waals surface area contributed by atoms with Gasteiger partial charge in [-0.15, -0.1) is 0 Å². The minimum Gasteiger partial charge on any atom is -0.466 e. The van der Waals surface area contributed by atoms with E-state index in [0.717, 1.165) is 6.42 Å². The van der Waals surface area contributed by atoms with Gasteiger partial charge in [0.2, 0.25) is 0 Å². The number of aliphatic imine (C=N–C) groups is 1. The summed E-state index contributed by atoms with van der Waals surface area (Å²) in [4.78, 5) is 29.6. The van der Waals surface area contributed by atoms with Crippen LogP contribution in [0.4, 0.5) is 0 Å². The highest BCUT2D eigenvalue weighted by Crippen LogP contribution is 2.61. The summed E-state index contributed by atoms with van der Waals surface area (Å²) in [5, 5.41) is 11.2. The number of nitrogens with zero attached hydrogens (tertiary/aromatic N) is 1. The van der Waals surface area contributed by atoms with Gasteiger partial charge in [-0.25, -0.2) is 4.79 Å². The Morgan fingerprint density at radius 3 is 2.36 bits per heavy atom. The quantitative estimate of drug-likeness (QED) is 0.695. The van der Waals surface area contributed by atoms with Gasteiger partial charge in [-0.3, -0.25) is 9.79 Å². The van der Waals surface area contributed by atoms with E-state index in [4.69, 9.17) is 14.5 Å². The lowest BCUT2D eigenvalue weighted by molar-refractivity contribution is -0.158. The van der Waals surface area contributed by atoms with E-state index in [2.05, 4.69) is 13.8 Å². The van der Waals surface area contributed by atoms with Crippen LogP contribution >= 0.6 is 0 Å². The average Bonchev–Trinajstić information content (AvgIpc) is 2.50. The van der Waals surface area contributed by atoms with Gasteiger partial charge in [0.25, 0.3) is 0 Å². The van der Waals surface area contributed by atoms with Crippen LogP contribution in [-0.2, 0) is 19.1 Å². The molecule has 28 heavy (non-hydrogen) atoms. The highest BCUT2D eigenvalue weighted by atomic mass is 16.6. The summed E-state index contributed by atoms with van der Waals surface area (Å²) >= 11 is 0. The van der Waals surface area contributed by atoms with E-state index < -0.39 is 23.2 Å². The molecule has 0 aromatic rings. The number of fused-ring (bicyclic) bond motifs is 2. The maximum atomic E-state index is 12.9. The monoisotopic (exact) mass is 395 g/mol. The first-order valence-corrected chi connectivity index (χ1v) is 10.4. The van der Waals surface area contributed by atoms with Crippen molar-refractivity contribution in [3.05, 3.63) is 0 Å². The van der Waals surface area contributed by atoms with Gasteiger partial charge in [0.1, 0.15) is 11.2 Å². The summed E-state index contributed by atoms with van der Waals surface area (Å²) in [6.45, 7) is 15.4. The van der Waals surface area contributed by atoms with Gasteiger partial charge in [-0.1, -0.05) is 20.8 Å². The van der Waals surface area contributed by atoms with Gasteiger partial charge >= 0.3 is 11.9 Å². The maximum Gasteiger partial charge on any atom is 0.331 e. The Hall–Kier alpha value is -1.43. The molecule has 0 heterocycles. The lowest BCUT2D eigenvalue weighted by atomic mass is 9.44. The fourth-order valence-corrected chi connectivity index (χ4v) is 4.68. The Labute approximate surface area is 169 Å². The van der Waals surface area contributed by atoms with E-state index in [-0.39, 0.29) is 29.6 Å². The van der Waals surface area contributed by atoms with E-state index in [1.807, 2.05) is 0 Å². The summed E-state index contributed by atoms with van der Waals surface area (Å²) < 4.78 is 10.6. The highest BCUT2D eigenvalue weighted by molar-refractivity contribution is 5.96. The van der Waals surface area contributed by atoms with Crippen LogP contribution < -0.4 is 0 Å². The number of hydrogen-bond donors (Lipinski definition) is 1. The molecule has 1 N–H and O–H groups in total. The van der Waals surface area contributed by atoms with Crippen LogP contribution in [0.15, 0.2) is 4.99 Å². The molecule has 160 valence electrons. The molecular weight excluding hydrogens is 358 g/mol. The van der Waals surface area contributed by atoms with Crippen LogP contribution in [0, 0.1) is 23.2 Å². The number of esters is 2. The molecule has 2 bridgehead atoms. The van der Waals surface area contributed by atoms with E-state index in [9.17, 15) is 14.7 Å². The van der Waals surface area contributed by atoms with Crippen LogP contribution in [0.25, 0.3) is 0 Å². The third-order valence-electron chi connectivity index (χ3n) is 6.45. The van der Waals surface area contributed by atoms with Gasteiger partial charge in [0.15, 0.2) is 6.04 Å². The zero-order chi connectivity index (χ0) is 21.5. The molecule has 0 radical (unpaired) electrons. The first-order chi connectivity index (χ1) is 12.7. The normalized spacial score (nSPS) is 32.2. The molecule has 0 spiro atoms. The van der Waals surface area contributed by atoms with Gasteiger partial charge in [0.05, 0.1) is 13.0 Å². The first kappa shape index (κ1) is 22.9. The molecule has 5 atom stereocenters. The second-order valence-electron chi connectivity index (χ2n) is 10.2. The van der Waals surface area contributed by atoms with Crippen molar-refractivity contribution in [2.45, 2.75) is 91.9 Å². The predicted molar refractivity (Wildman–Crippen MR) is 108 cm³/mol. The first-order valence-electron chi connectivity index (χ1n) is 10.4. The maximum absolute atomic E-state index is 12.9. The summed E-state index contributed by atoms with van der Waals surface area (Å²) in [6, 6.07) is -0.842. The second kappa shape index (κ2) is 7.77. The summed E-state index contributed by atoms with van der Waals surface area (Å²) in [6.07, 6.45) is 1.73. The predicted octanol–water partition coefficient (Wildman–Crippen LogP) is 3.54. The minimum atomic E-state index is -1.05. The van der Waals surface area contributed by atoms with Crippen molar-refractivity contribution in [1.29, 1.82) is 0 Å². The van der Waals surface area contributed by atoms with Crippen LogP contribution in [0.2, 0.25) is 0 Å². The van der Waals surface area contributed by atoms with E-state index >= 15 is 0 Å². The molecule has 0 aromatic heterocycles. The number of ether oxygens (including phenoxy) is 2. The lowest BCUT2D eigenvalue weighted by Crippen LogP contribution is -2.65. The van der Waals surface area contributed by atoms with Crippen molar-refractivity contribution in [2.75, 3.05) is 6.61 Å². The van der Waals surface area contributed by atoms with Crippen molar-refractivity contribution in [2.24, 2.45) is 28.2 Å². The van der Waals surface area contributed by atoms with Crippen molar-refractivity contribution >= 4 is 17.7 Å². The zero-order valence-electron chi connectivity index (χ0n) is 18.7. The highest BCUT2D eigenvalue weighted by Gasteiger charge is 2.61. The molecule has 2 unspecified atom stereocenters. The van der Waals surface area contributed by atoms with Gasteiger partial charge in [-0.2, -0.15) is 0 Å². The smallest absolute Gasteiger partial charge is 0.331 e. The number of aliphatic hydroxyl groups is 1. The number of carbonyl (C=O) groups excluding carboxylic acids is 2. The zero-order valence-corrected chi connectivity index (χ0v) is 18.7.